The molecule has 0 spiro atoms. The molecule has 2 unspecified atom stereocenters. The molecule has 19 heavy (non-hydrogen) atoms. The first-order chi connectivity index (χ1) is 8.82. The second-order valence-electron chi connectivity index (χ2n) is 5.15. The van der Waals surface area contributed by atoms with Gasteiger partial charge in [-0.2, -0.15) is 0 Å². The Balaban J connectivity index is 2.68. The smallest absolute Gasteiger partial charge is 0.0781 e. The second kappa shape index (κ2) is 7.70. The Morgan fingerprint density at radius 3 is 2.32 bits per heavy atom. The second-order valence-corrected chi connectivity index (χ2v) is 6.31. The molecule has 0 radical (unpaired) electrons. The topological polar surface area (TPSA) is 15.3 Å². The van der Waals surface area contributed by atoms with Crippen LogP contribution in [-0.2, 0) is 0 Å². The van der Waals surface area contributed by atoms with Crippen molar-refractivity contribution in [3.63, 3.8) is 0 Å². The molecule has 0 saturated heterocycles. The molecule has 108 valence electrons. The van der Waals surface area contributed by atoms with E-state index in [1.807, 2.05) is 6.07 Å². The number of benzene rings is 1. The van der Waals surface area contributed by atoms with Crippen LogP contribution in [0.2, 0.25) is 15.1 Å². The van der Waals surface area contributed by atoms with Crippen molar-refractivity contribution in [2.75, 3.05) is 20.6 Å². The fourth-order valence-corrected chi connectivity index (χ4v) is 2.63. The van der Waals surface area contributed by atoms with Gasteiger partial charge < -0.3 is 10.2 Å². The molecule has 2 nitrogen and oxygen atoms in total. The molecular weight excluding hydrogens is 303 g/mol. The molecule has 0 heterocycles. The summed E-state index contributed by atoms with van der Waals surface area (Å²) in [6, 6.07) is 4.25. The summed E-state index contributed by atoms with van der Waals surface area (Å²) in [5, 5.41) is 4.98. The van der Waals surface area contributed by atoms with Gasteiger partial charge in [0.2, 0.25) is 0 Å². The van der Waals surface area contributed by atoms with Gasteiger partial charge in [0.05, 0.1) is 15.1 Å². The number of hydrogen-bond donors (Lipinski definition) is 1. The summed E-state index contributed by atoms with van der Waals surface area (Å²) < 4.78 is 0. The minimum Gasteiger partial charge on any atom is -0.309 e. The molecule has 0 aliphatic heterocycles. The number of hydrogen-bond acceptors (Lipinski definition) is 2. The molecule has 0 aromatic heterocycles. The maximum atomic E-state index is 6.24. The van der Waals surface area contributed by atoms with Crippen molar-refractivity contribution in [2.24, 2.45) is 0 Å². The first-order valence-corrected chi connectivity index (χ1v) is 7.50. The zero-order valence-corrected chi connectivity index (χ0v) is 14.1. The Bertz CT molecular complexity index is 421. The quantitative estimate of drug-likeness (QED) is 0.767. The summed E-state index contributed by atoms with van der Waals surface area (Å²) in [7, 11) is 4.15. The molecule has 1 rings (SSSR count). The molecule has 0 bridgehead atoms. The van der Waals surface area contributed by atoms with Crippen molar-refractivity contribution in [3.05, 3.63) is 32.8 Å². The minimum atomic E-state index is 0.138. The van der Waals surface area contributed by atoms with E-state index in [-0.39, 0.29) is 6.04 Å². The van der Waals surface area contributed by atoms with Crippen LogP contribution in [0.1, 0.15) is 31.9 Å². The number of halogens is 3. The molecule has 5 heteroatoms. The molecule has 0 aliphatic carbocycles. The predicted molar refractivity (Wildman–Crippen MR) is 85.7 cm³/mol. The van der Waals surface area contributed by atoms with Crippen LogP contribution < -0.4 is 5.32 Å². The van der Waals surface area contributed by atoms with Gasteiger partial charge in [0.15, 0.2) is 0 Å². The number of rotatable bonds is 6. The van der Waals surface area contributed by atoms with Crippen LogP contribution in [0.3, 0.4) is 0 Å². The van der Waals surface area contributed by atoms with Gasteiger partial charge in [0, 0.05) is 12.1 Å². The van der Waals surface area contributed by atoms with E-state index < -0.39 is 0 Å². The molecule has 2 atom stereocenters. The molecule has 0 saturated carbocycles. The lowest BCUT2D eigenvalue weighted by atomic mass is 10.1. The first kappa shape index (κ1) is 17.1. The standard InChI is InChI=1S/C14H21Cl3N2/c1-9(7-8-19(3)4)18-10(2)11-5-6-12(15)14(17)13(11)16/h5-6,9-10,18H,7-8H2,1-4H3. The van der Waals surface area contributed by atoms with Crippen LogP contribution in [0.4, 0.5) is 0 Å². The van der Waals surface area contributed by atoms with Gasteiger partial charge >= 0.3 is 0 Å². The highest BCUT2D eigenvalue weighted by molar-refractivity contribution is 6.48. The lowest BCUT2D eigenvalue weighted by Crippen LogP contribution is -2.32. The van der Waals surface area contributed by atoms with E-state index in [0.29, 0.717) is 21.1 Å². The average molecular weight is 324 g/mol. The number of nitrogens with one attached hydrogen (secondary N) is 1. The number of nitrogens with zero attached hydrogens (tertiary/aromatic N) is 1. The van der Waals surface area contributed by atoms with Crippen LogP contribution in [0.5, 0.6) is 0 Å². The molecule has 1 aromatic rings. The van der Waals surface area contributed by atoms with E-state index in [9.17, 15) is 0 Å². The molecule has 1 N–H and O–H groups in total. The summed E-state index contributed by atoms with van der Waals surface area (Å²) in [4.78, 5) is 2.18. The highest BCUT2D eigenvalue weighted by Crippen LogP contribution is 2.35. The van der Waals surface area contributed by atoms with E-state index in [1.165, 1.54) is 0 Å². The van der Waals surface area contributed by atoms with Gasteiger partial charge in [-0.3, -0.25) is 0 Å². The van der Waals surface area contributed by atoms with Gasteiger partial charge in [-0.25, -0.2) is 0 Å². The van der Waals surface area contributed by atoms with Crippen LogP contribution in [0.25, 0.3) is 0 Å². The van der Waals surface area contributed by atoms with E-state index in [0.717, 1.165) is 18.5 Å². The average Bonchev–Trinajstić information content (AvgIpc) is 2.33. The maximum Gasteiger partial charge on any atom is 0.0781 e. The highest BCUT2D eigenvalue weighted by Gasteiger charge is 2.16. The third-order valence-corrected chi connectivity index (χ3v) is 4.38. The van der Waals surface area contributed by atoms with Crippen molar-refractivity contribution >= 4 is 34.8 Å². The highest BCUT2D eigenvalue weighted by atomic mass is 35.5. The van der Waals surface area contributed by atoms with Crippen LogP contribution in [0.15, 0.2) is 12.1 Å². The molecule has 0 aliphatic rings. The third-order valence-electron chi connectivity index (χ3n) is 3.08. The Morgan fingerprint density at radius 1 is 1.11 bits per heavy atom. The van der Waals surface area contributed by atoms with E-state index in [4.69, 9.17) is 34.8 Å². The van der Waals surface area contributed by atoms with E-state index in [2.05, 4.69) is 38.2 Å². The van der Waals surface area contributed by atoms with Crippen LogP contribution >= 0.6 is 34.8 Å². The van der Waals surface area contributed by atoms with Gasteiger partial charge in [-0.15, -0.1) is 0 Å². The normalized spacial score (nSPS) is 14.7. The predicted octanol–water partition coefficient (Wildman–Crippen LogP) is 4.64. The van der Waals surface area contributed by atoms with Crippen molar-refractivity contribution in [2.45, 2.75) is 32.4 Å². The van der Waals surface area contributed by atoms with Crippen molar-refractivity contribution < 1.29 is 0 Å². The third kappa shape index (κ3) is 5.13. The zero-order chi connectivity index (χ0) is 14.6. The van der Waals surface area contributed by atoms with Gasteiger partial charge in [-0.1, -0.05) is 40.9 Å². The maximum absolute atomic E-state index is 6.24. The van der Waals surface area contributed by atoms with Crippen LogP contribution in [0, 0.1) is 0 Å². The molecule has 0 amide bonds. The summed E-state index contributed by atoms with van der Waals surface area (Å²) in [6.45, 7) is 5.30. The van der Waals surface area contributed by atoms with Crippen molar-refractivity contribution in [1.29, 1.82) is 0 Å². The fourth-order valence-electron chi connectivity index (χ4n) is 1.93. The first-order valence-electron chi connectivity index (χ1n) is 6.37. The van der Waals surface area contributed by atoms with Crippen molar-refractivity contribution in [1.82, 2.24) is 10.2 Å². The zero-order valence-electron chi connectivity index (χ0n) is 11.8. The lowest BCUT2D eigenvalue weighted by Gasteiger charge is -2.23. The van der Waals surface area contributed by atoms with E-state index >= 15 is 0 Å². The monoisotopic (exact) mass is 322 g/mol. The molecule has 1 aromatic carbocycles. The summed E-state index contributed by atoms with van der Waals surface area (Å²) >= 11 is 18.2. The van der Waals surface area contributed by atoms with Gasteiger partial charge in [-0.05, 0) is 52.5 Å². The Morgan fingerprint density at radius 2 is 1.74 bits per heavy atom. The van der Waals surface area contributed by atoms with Crippen molar-refractivity contribution in [3.8, 4) is 0 Å². The Hall–Kier alpha value is 0.01000. The van der Waals surface area contributed by atoms with Gasteiger partial charge in [0.25, 0.3) is 0 Å². The summed E-state index contributed by atoms with van der Waals surface area (Å²) in [5.74, 6) is 0. The van der Waals surface area contributed by atoms with Crippen LogP contribution in [-0.4, -0.2) is 31.6 Å². The fraction of sp³-hybridized carbons (Fsp3) is 0.571. The molecule has 0 fully saturated rings. The minimum absolute atomic E-state index is 0.138. The largest absolute Gasteiger partial charge is 0.309 e. The lowest BCUT2D eigenvalue weighted by molar-refractivity contribution is 0.354. The molecular formula is C14H21Cl3N2. The summed E-state index contributed by atoms with van der Waals surface area (Å²) in [6.07, 6.45) is 1.08. The van der Waals surface area contributed by atoms with Gasteiger partial charge in [0.1, 0.15) is 0 Å². The SMILES string of the molecule is CC(CCN(C)C)NC(C)c1ccc(Cl)c(Cl)c1Cl. The Kier molecular flexibility index (Phi) is 6.92. The Labute approximate surface area is 131 Å². The van der Waals surface area contributed by atoms with E-state index in [1.54, 1.807) is 6.07 Å². The summed E-state index contributed by atoms with van der Waals surface area (Å²) in [5.41, 5.74) is 0.979.